The van der Waals surface area contributed by atoms with Crippen molar-refractivity contribution < 1.29 is 4.79 Å². The quantitative estimate of drug-likeness (QED) is 0.482. The van der Waals surface area contributed by atoms with Gasteiger partial charge in [0.1, 0.15) is 5.82 Å². The van der Waals surface area contributed by atoms with Crippen LogP contribution in [0.15, 0.2) is 48.5 Å². The Morgan fingerprint density at radius 2 is 1.84 bits per heavy atom. The van der Waals surface area contributed by atoms with Gasteiger partial charge in [-0.3, -0.25) is 0 Å². The van der Waals surface area contributed by atoms with Crippen LogP contribution in [-0.2, 0) is 0 Å². The van der Waals surface area contributed by atoms with Gasteiger partial charge in [-0.1, -0.05) is 29.8 Å². The monoisotopic (exact) mass is 452 g/mol. The Kier molecular flexibility index (Phi) is 6.95. The molecule has 0 saturated heterocycles. The number of carbonyl (C=O) groups is 1. The largest absolute Gasteiger partial charge is 0.362 e. The Morgan fingerprint density at radius 3 is 2.59 bits per heavy atom. The average molecular weight is 453 g/mol. The number of nitrogens with zero attached hydrogens (tertiary/aromatic N) is 3. The molecule has 2 amide bonds. The number of hydrogen-bond acceptors (Lipinski definition) is 5. The number of halogens is 1. The van der Waals surface area contributed by atoms with Gasteiger partial charge in [-0.15, -0.1) is 0 Å². The van der Waals surface area contributed by atoms with Gasteiger partial charge in [-0.25, -0.2) is 9.78 Å². The van der Waals surface area contributed by atoms with E-state index in [-0.39, 0.29) is 6.03 Å². The molecule has 1 saturated carbocycles. The Bertz CT molecular complexity index is 1080. The Hall–Kier alpha value is -3.06. The molecular weight excluding hydrogens is 424 g/mol. The van der Waals surface area contributed by atoms with E-state index in [4.69, 9.17) is 21.6 Å². The van der Waals surface area contributed by atoms with Crippen molar-refractivity contribution in [3.8, 4) is 0 Å². The van der Waals surface area contributed by atoms with Gasteiger partial charge in [-0.2, -0.15) is 4.98 Å². The molecule has 1 fully saturated rings. The van der Waals surface area contributed by atoms with Crippen molar-refractivity contribution in [1.29, 1.82) is 0 Å². The van der Waals surface area contributed by atoms with Gasteiger partial charge >= 0.3 is 6.03 Å². The molecule has 1 aromatic heterocycles. The molecule has 3 aromatic rings. The molecule has 3 N–H and O–H groups in total. The van der Waals surface area contributed by atoms with Crippen LogP contribution in [0, 0.1) is 5.92 Å². The zero-order chi connectivity index (χ0) is 22.5. The fourth-order valence-corrected chi connectivity index (χ4v) is 4.33. The highest BCUT2D eigenvalue weighted by Crippen LogP contribution is 2.28. The molecule has 0 bridgehead atoms. The number of amides is 2. The van der Waals surface area contributed by atoms with E-state index >= 15 is 0 Å². The Balaban J connectivity index is 1.27. The van der Waals surface area contributed by atoms with Crippen molar-refractivity contribution in [1.82, 2.24) is 15.3 Å². The lowest BCUT2D eigenvalue weighted by atomic mass is 9.86. The molecule has 2 aromatic carbocycles. The van der Waals surface area contributed by atoms with Gasteiger partial charge in [-0.05, 0) is 61.9 Å². The predicted molar refractivity (Wildman–Crippen MR) is 132 cm³/mol. The van der Waals surface area contributed by atoms with E-state index in [9.17, 15) is 4.79 Å². The zero-order valence-electron chi connectivity index (χ0n) is 18.4. The molecule has 168 valence electrons. The highest BCUT2D eigenvalue weighted by Gasteiger charge is 2.22. The van der Waals surface area contributed by atoms with Crippen LogP contribution in [0.2, 0.25) is 5.02 Å². The number of fused-ring (bicyclic) bond motifs is 1. The summed E-state index contributed by atoms with van der Waals surface area (Å²) in [5.41, 5.74) is 1.63. The maximum absolute atomic E-state index is 12.2. The summed E-state index contributed by atoms with van der Waals surface area (Å²) >= 11 is 5.96. The van der Waals surface area contributed by atoms with E-state index in [0.717, 1.165) is 42.4 Å². The summed E-state index contributed by atoms with van der Waals surface area (Å²) in [6.45, 7) is 0.663. The van der Waals surface area contributed by atoms with Crippen LogP contribution >= 0.6 is 11.6 Å². The lowest BCUT2D eigenvalue weighted by Gasteiger charge is -2.29. The van der Waals surface area contributed by atoms with E-state index in [1.54, 1.807) is 12.1 Å². The van der Waals surface area contributed by atoms with Crippen LogP contribution in [0.1, 0.15) is 25.7 Å². The van der Waals surface area contributed by atoms with E-state index in [0.29, 0.717) is 35.2 Å². The predicted octanol–water partition coefficient (Wildman–Crippen LogP) is 5.14. The minimum Gasteiger partial charge on any atom is -0.362 e. The number of benzene rings is 2. The third-order valence-corrected chi connectivity index (χ3v) is 6.06. The second-order valence-corrected chi connectivity index (χ2v) is 8.93. The number of anilines is 3. The van der Waals surface area contributed by atoms with E-state index < -0.39 is 0 Å². The van der Waals surface area contributed by atoms with Crippen LogP contribution < -0.4 is 20.9 Å². The molecule has 4 rings (SSSR count). The molecule has 32 heavy (non-hydrogen) atoms. The smallest absolute Gasteiger partial charge is 0.319 e. The molecule has 8 heteroatoms. The van der Waals surface area contributed by atoms with Gasteiger partial charge in [0.2, 0.25) is 5.95 Å². The molecular formula is C24H29ClN6O. The van der Waals surface area contributed by atoms with Gasteiger partial charge in [0.05, 0.1) is 5.52 Å². The molecule has 0 aliphatic heterocycles. The van der Waals surface area contributed by atoms with Crippen molar-refractivity contribution >= 4 is 46.0 Å². The maximum Gasteiger partial charge on any atom is 0.319 e. The minimum absolute atomic E-state index is 0.201. The van der Waals surface area contributed by atoms with Gasteiger partial charge in [0.25, 0.3) is 0 Å². The Labute approximate surface area is 193 Å². The average Bonchev–Trinajstić information content (AvgIpc) is 2.78. The van der Waals surface area contributed by atoms with Crippen LogP contribution in [0.3, 0.4) is 0 Å². The summed E-state index contributed by atoms with van der Waals surface area (Å²) in [5, 5.41) is 11.0. The summed E-state index contributed by atoms with van der Waals surface area (Å²) < 4.78 is 0. The van der Waals surface area contributed by atoms with Crippen molar-refractivity contribution in [2.75, 3.05) is 36.2 Å². The van der Waals surface area contributed by atoms with Gasteiger partial charge < -0.3 is 20.9 Å². The first-order valence-corrected chi connectivity index (χ1v) is 11.4. The summed E-state index contributed by atoms with van der Waals surface area (Å²) in [4.78, 5) is 23.6. The molecule has 0 atom stereocenters. The second-order valence-electron chi connectivity index (χ2n) is 8.49. The topological polar surface area (TPSA) is 82.2 Å². The zero-order valence-corrected chi connectivity index (χ0v) is 19.2. The Morgan fingerprint density at radius 1 is 1.06 bits per heavy atom. The highest BCUT2D eigenvalue weighted by atomic mass is 35.5. The second kappa shape index (κ2) is 10.0. The number of nitrogens with one attached hydrogen (secondary N) is 3. The number of rotatable bonds is 6. The molecule has 7 nitrogen and oxygen atoms in total. The summed E-state index contributed by atoms with van der Waals surface area (Å²) in [6.07, 6.45) is 4.14. The number of urea groups is 1. The van der Waals surface area contributed by atoms with Crippen molar-refractivity contribution in [3.63, 3.8) is 0 Å². The van der Waals surface area contributed by atoms with Crippen molar-refractivity contribution in [2.45, 2.75) is 31.7 Å². The first-order valence-electron chi connectivity index (χ1n) is 11.0. The van der Waals surface area contributed by atoms with E-state index in [1.165, 1.54) is 0 Å². The van der Waals surface area contributed by atoms with Gasteiger partial charge in [0, 0.05) is 42.8 Å². The van der Waals surface area contributed by atoms with Crippen LogP contribution in [-0.4, -0.2) is 42.7 Å². The number of para-hydroxylation sites is 1. The molecule has 1 aliphatic rings. The SMILES string of the molecule is CN(C)c1nc(NC2CCC(CNC(=O)Nc3cccc(Cl)c3)CC2)nc2ccccc12. The van der Waals surface area contributed by atoms with E-state index in [2.05, 4.69) is 22.0 Å². The lowest BCUT2D eigenvalue weighted by molar-refractivity contribution is 0.246. The lowest BCUT2D eigenvalue weighted by Crippen LogP contribution is -2.36. The first-order chi connectivity index (χ1) is 15.5. The minimum atomic E-state index is -0.201. The highest BCUT2D eigenvalue weighted by molar-refractivity contribution is 6.30. The third kappa shape index (κ3) is 5.59. The van der Waals surface area contributed by atoms with Crippen LogP contribution in [0.4, 0.5) is 22.2 Å². The molecule has 0 unspecified atom stereocenters. The first kappa shape index (κ1) is 22.1. The third-order valence-electron chi connectivity index (χ3n) is 5.82. The molecule has 0 spiro atoms. The standard InChI is InChI=1S/C24H29ClN6O/c1-31(2)22-20-8-3-4-9-21(20)29-23(30-22)27-18-12-10-16(11-13-18)15-26-24(32)28-19-7-5-6-17(25)14-19/h3-9,14,16,18H,10-13,15H2,1-2H3,(H2,26,28,32)(H,27,29,30). The molecule has 1 aliphatic carbocycles. The molecule has 1 heterocycles. The van der Waals surface area contributed by atoms with Crippen molar-refractivity contribution in [3.05, 3.63) is 53.6 Å². The maximum atomic E-state index is 12.2. The molecule has 0 radical (unpaired) electrons. The van der Waals surface area contributed by atoms with Crippen LogP contribution in [0.25, 0.3) is 10.9 Å². The fraction of sp³-hybridized carbons (Fsp3) is 0.375. The normalized spacial score (nSPS) is 18.2. The summed E-state index contributed by atoms with van der Waals surface area (Å²) in [7, 11) is 4.00. The number of aromatic nitrogens is 2. The van der Waals surface area contributed by atoms with Gasteiger partial charge in [0.15, 0.2) is 0 Å². The number of hydrogen-bond donors (Lipinski definition) is 3. The number of carbonyl (C=O) groups excluding carboxylic acids is 1. The van der Waals surface area contributed by atoms with Crippen molar-refractivity contribution in [2.24, 2.45) is 5.92 Å². The van der Waals surface area contributed by atoms with Crippen LogP contribution in [0.5, 0.6) is 0 Å². The summed E-state index contributed by atoms with van der Waals surface area (Å²) in [6, 6.07) is 15.4. The van der Waals surface area contributed by atoms with E-state index in [1.807, 2.05) is 49.3 Å². The fourth-order valence-electron chi connectivity index (χ4n) is 4.14. The summed E-state index contributed by atoms with van der Waals surface area (Å²) in [5.74, 6) is 2.06.